The molecular weight excluding hydrogens is 462 g/mol. The fourth-order valence-electron chi connectivity index (χ4n) is 5.80. The number of amides is 1. The highest BCUT2D eigenvalue weighted by molar-refractivity contribution is 5.81. The summed E-state index contributed by atoms with van der Waals surface area (Å²) in [4.78, 5) is 29.0. The van der Waals surface area contributed by atoms with Crippen LogP contribution in [0.15, 0.2) is 48.8 Å². The Kier molecular flexibility index (Phi) is 7.82. The van der Waals surface area contributed by atoms with E-state index in [1.54, 1.807) is 0 Å². The summed E-state index contributed by atoms with van der Waals surface area (Å²) < 4.78 is 6.59. The van der Waals surface area contributed by atoms with Gasteiger partial charge >= 0.3 is 0 Å². The van der Waals surface area contributed by atoms with Crippen LogP contribution in [0.2, 0.25) is 0 Å². The maximum Gasteiger partial charge on any atom is 0.229 e. The number of rotatable bonds is 8. The van der Waals surface area contributed by atoms with E-state index in [-0.39, 0.29) is 11.5 Å². The topological polar surface area (TPSA) is 61.8 Å². The largest absolute Gasteiger partial charge is 0.350 e. The molecule has 3 heterocycles. The number of ether oxygens (including phenoxy) is 1. The highest BCUT2D eigenvalue weighted by Crippen LogP contribution is 2.38. The summed E-state index contributed by atoms with van der Waals surface area (Å²) in [6.45, 7) is 11.3. The summed E-state index contributed by atoms with van der Waals surface area (Å²) in [5.41, 5.74) is 0.492. The first-order valence-corrected chi connectivity index (χ1v) is 14.1. The van der Waals surface area contributed by atoms with Gasteiger partial charge in [-0.25, -0.2) is 9.97 Å². The minimum atomic E-state index is -0.390. The predicted molar refractivity (Wildman–Crippen MR) is 146 cm³/mol. The van der Waals surface area contributed by atoms with Gasteiger partial charge in [-0.1, -0.05) is 51.1 Å². The first kappa shape index (κ1) is 26.1. The molecule has 1 aromatic heterocycles. The number of hydrogen-bond acceptors (Lipinski definition) is 6. The Hall–Kier alpha value is -2.51. The summed E-state index contributed by atoms with van der Waals surface area (Å²) in [5.74, 6) is 1.86. The van der Waals surface area contributed by atoms with Crippen molar-refractivity contribution in [2.45, 2.75) is 70.9 Å². The lowest BCUT2D eigenvalue weighted by Gasteiger charge is -2.45. The summed E-state index contributed by atoms with van der Waals surface area (Å²) in [6.07, 6.45) is 10.4. The van der Waals surface area contributed by atoms with E-state index in [1.165, 1.54) is 18.4 Å². The number of aromatic nitrogens is 2. The van der Waals surface area contributed by atoms with Gasteiger partial charge in [-0.3, -0.25) is 4.79 Å². The van der Waals surface area contributed by atoms with Crippen molar-refractivity contribution in [3.8, 4) is 0 Å². The maximum absolute atomic E-state index is 12.9. The quantitative estimate of drug-likeness (QED) is 0.519. The van der Waals surface area contributed by atoms with Crippen molar-refractivity contribution in [3.05, 3.63) is 54.4 Å². The van der Waals surface area contributed by atoms with Gasteiger partial charge in [-0.2, -0.15) is 0 Å². The zero-order valence-electron chi connectivity index (χ0n) is 22.8. The van der Waals surface area contributed by atoms with Crippen LogP contribution in [0.4, 0.5) is 5.95 Å². The molecule has 0 radical (unpaired) electrons. The summed E-state index contributed by atoms with van der Waals surface area (Å²) in [5, 5.41) is 0. The first-order chi connectivity index (χ1) is 17.8. The van der Waals surface area contributed by atoms with Gasteiger partial charge in [0.1, 0.15) is 6.73 Å². The number of carbonyl (C=O) groups is 1. The number of piperidine rings is 1. The van der Waals surface area contributed by atoms with E-state index < -0.39 is 5.41 Å². The highest BCUT2D eigenvalue weighted by Gasteiger charge is 2.41. The van der Waals surface area contributed by atoms with Crippen molar-refractivity contribution in [3.63, 3.8) is 0 Å². The molecule has 1 atom stereocenters. The van der Waals surface area contributed by atoms with Gasteiger partial charge in [-0.05, 0) is 56.1 Å². The van der Waals surface area contributed by atoms with Gasteiger partial charge in [0.25, 0.3) is 0 Å². The van der Waals surface area contributed by atoms with Crippen molar-refractivity contribution < 1.29 is 9.53 Å². The second kappa shape index (κ2) is 11.1. The molecule has 2 aromatic rings. The standard InChI is InChI=1S/C30H43N5O2/c1-29(2,3)27(36)34-21-15-30(37-23-34,25-8-5-4-6-9-25)14-20-33-18-12-26(13-19-33)35(22-24-10-11-24)28-31-16-7-17-32-28/h4-9,16-17,24,26H,10-15,18-23H2,1-3H3. The molecule has 3 fully saturated rings. The molecule has 1 amide bonds. The van der Waals surface area contributed by atoms with E-state index >= 15 is 0 Å². The van der Waals surface area contributed by atoms with Crippen LogP contribution in [0.25, 0.3) is 0 Å². The molecule has 37 heavy (non-hydrogen) atoms. The smallest absolute Gasteiger partial charge is 0.229 e. The Morgan fingerprint density at radius 3 is 2.32 bits per heavy atom. The zero-order valence-corrected chi connectivity index (χ0v) is 22.8. The molecule has 0 N–H and O–H groups in total. The summed E-state index contributed by atoms with van der Waals surface area (Å²) >= 11 is 0. The van der Waals surface area contributed by atoms with E-state index in [0.29, 0.717) is 12.8 Å². The fraction of sp³-hybridized carbons (Fsp3) is 0.633. The van der Waals surface area contributed by atoms with Crippen LogP contribution in [-0.2, 0) is 15.1 Å². The maximum atomic E-state index is 12.9. The summed E-state index contributed by atoms with van der Waals surface area (Å²) in [7, 11) is 0. The first-order valence-electron chi connectivity index (χ1n) is 14.1. The van der Waals surface area contributed by atoms with Crippen molar-refractivity contribution in [1.29, 1.82) is 0 Å². The zero-order chi connectivity index (χ0) is 25.9. The Morgan fingerprint density at radius 2 is 1.73 bits per heavy atom. The van der Waals surface area contributed by atoms with Crippen LogP contribution in [0.5, 0.6) is 0 Å². The molecular formula is C30H43N5O2. The highest BCUT2D eigenvalue weighted by atomic mass is 16.5. The molecule has 1 aliphatic carbocycles. The van der Waals surface area contributed by atoms with Crippen molar-refractivity contribution >= 4 is 11.9 Å². The van der Waals surface area contributed by atoms with Crippen LogP contribution in [0.1, 0.15) is 64.9 Å². The van der Waals surface area contributed by atoms with E-state index in [0.717, 1.165) is 70.3 Å². The van der Waals surface area contributed by atoms with Crippen LogP contribution < -0.4 is 4.90 Å². The third-order valence-electron chi connectivity index (χ3n) is 8.30. The Bertz CT molecular complexity index is 1010. The van der Waals surface area contributed by atoms with Crippen LogP contribution >= 0.6 is 0 Å². The minimum Gasteiger partial charge on any atom is -0.350 e. The molecule has 1 saturated carbocycles. The van der Waals surface area contributed by atoms with Crippen molar-refractivity contribution in [2.24, 2.45) is 11.3 Å². The second-order valence-electron chi connectivity index (χ2n) is 12.2. The molecule has 7 nitrogen and oxygen atoms in total. The molecule has 7 heteroatoms. The lowest BCUT2D eigenvalue weighted by Crippen LogP contribution is -2.51. The summed E-state index contributed by atoms with van der Waals surface area (Å²) in [6, 6.07) is 13.0. The number of carbonyl (C=O) groups excluding carboxylic acids is 1. The van der Waals surface area contributed by atoms with E-state index in [4.69, 9.17) is 4.74 Å². The van der Waals surface area contributed by atoms with Crippen LogP contribution in [0.3, 0.4) is 0 Å². The van der Waals surface area contributed by atoms with E-state index in [2.05, 4.69) is 50.1 Å². The second-order valence-corrected chi connectivity index (χ2v) is 12.2. The molecule has 5 rings (SSSR count). The molecule has 2 aliphatic heterocycles. The minimum absolute atomic E-state index is 0.161. The molecule has 200 valence electrons. The van der Waals surface area contributed by atoms with Gasteiger partial charge in [0.05, 0.1) is 5.60 Å². The molecule has 2 saturated heterocycles. The number of anilines is 1. The third kappa shape index (κ3) is 6.32. The molecule has 1 unspecified atom stereocenters. The van der Waals surface area contributed by atoms with Crippen molar-refractivity contribution in [2.75, 3.05) is 44.4 Å². The Morgan fingerprint density at radius 1 is 1.03 bits per heavy atom. The van der Waals surface area contributed by atoms with E-state index in [1.807, 2.05) is 44.1 Å². The number of hydrogen-bond donors (Lipinski definition) is 0. The van der Waals surface area contributed by atoms with Gasteiger partial charge in [0.2, 0.25) is 11.9 Å². The average molecular weight is 506 g/mol. The Balaban J connectivity index is 1.20. The van der Waals surface area contributed by atoms with E-state index in [9.17, 15) is 4.79 Å². The van der Waals surface area contributed by atoms with Crippen LogP contribution in [-0.4, -0.2) is 71.2 Å². The van der Waals surface area contributed by atoms with Gasteiger partial charge in [0, 0.05) is 56.6 Å². The molecule has 3 aliphatic rings. The fourth-order valence-corrected chi connectivity index (χ4v) is 5.80. The SMILES string of the molecule is CC(C)(C)C(=O)N1CCC(CCN2CCC(N(CC3CC3)c3ncccn3)CC2)(c2ccccc2)OC1. The lowest BCUT2D eigenvalue weighted by atomic mass is 9.85. The van der Waals surface area contributed by atoms with Gasteiger partial charge in [-0.15, -0.1) is 0 Å². The van der Waals surface area contributed by atoms with Crippen LogP contribution in [0, 0.1) is 11.3 Å². The molecule has 0 bridgehead atoms. The van der Waals surface area contributed by atoms with Gasteiger partial charge in [0.15, 0.2) is 0 Å². The number of benzene rings is 1. The predicted octanol–water partition coefficient (Wildman–Crippen LogP) is 4.70. The Labute approximate surface area is 222 Å². The molecule has 1 aromatic carbocycles. The third-order valence-corrected chi connectivity index (χ3v) is 8.30. The average Bonchev–Trinajstić information content (AvgIpc) is 3.76. The lowest BCUT2D eigenvalue weighted by molar-refractivity contribution is -0.175. The van der Waals surface area contributed by atoms with Gasteiger partial charge < -0.3 is 19.4 Å². The monoisotopic (exact) mass is 505 g/mol. The molecule has 0 spiro atoms. The normalized spacial score (nSPS) is 23.7. The van der Waals surface area contributed by atoms with Crippen molar-refractivity contribution in [1.82, 2.24) is 19.8 Å². The number of nitrogens with zero attached hydrogens (tertiary/aromatic N) is 5. The number of likely N-dealkylation sites (tertiary alicyclic amines) is 1.